The van der Waals surface area contributed by atoms with Gasteiger partial charge in [0.1, 0.15) is 11.9 Å². The predicted octanol–water partition coefficient (Wildman–Crippen LogP) is 2.50. The van der Waals surface area contributed by atoms with Crippen LogP contribution < -0.4 is 0 Å². The van der Waals surface area contributed by atoms with E-state index >= 15 is 0 Å². The number of hydrogen-bond donors (Lipinski definition) is 1. The summed E-state index contributed by atoms with van der Waals surface area (Å²) in [5.41, 5.74) is 0.464. The summed E-state index contributed by atoms with van der Waals surface area (Å²) in [6, 6.07) is 5.98. The Morgan fingerprint density at radius 3 is 2.50 bits per heavy atom. The van der Waals surface area contributed by atoms with Gasteiger partial charge in [0.15, 0.2) is 0 Å². The van der Waals surface area contributed by atoms with E-state index in [9.17, 15) is 19.1 Å². The molecule has 1 unspecified atom stereocenters. The number of carbonyl (C=O) groups excluding carboxylic acids is 1. The van der Waals surface area contributed by atoms with E-state index in [-0.39, 0.29) is 23.1 Å². The molecule has 1 atom stereocenters. The Morgan fingerprint density at radius 2 is 1.88 bits per heavy atom. The molecule has 4 rings (SSSR count). The van der Waals surface area contributed by atoms with Crippen LogP contribution in [0.1, 0.15) is 37.7 Å². The Bertz CT molecular complexity index is 711. The largest absolute Gasteiger partial charge is 0.480 e. The van der Waals surface area contributed by atoms with E-state index in [1.54, 1.807) is 18.2 Å². The second-order valence-corrected chi connectivity index (χ2v) is 8.15. The van der Waals surface area contributed by atoms with Crippen molar-refractivity contribution in [3.8, 4) is 0 Å². The van der Waals surface area contributed by atoms with Crippen LogP contribution in [0.4, 0.5) is 4.39 Å². The standard InChI is InChI=1S/C20H25FN2O3/c21-16-4-2-1-3-15(16)12-23-13-20(11-17(23)19(25)26)7-9-22(10-8-20)18(24)14-5-6-14/h1-4,14,17H,5-13H2,(H,25,26). The van der Waals surface area contributed by atoms with Gasteiger partial charge in [-0.05, 0) is 43.6 Å². The predicted molar refractivity (Wildman–Crippen MR) is 93.8 cm³/mol. The van der Waals surface area contributed by atoms with Crippen molar-refractivity contribution >= 4 is 11.9 Å². The van der Waals surface area contributed by atoms with E-state index < -0.39 is 12.0 Å². The number of nitrogens with zero attached hydrogens (tertiary/aromatic N) is 2. The summed E-state index contributed by atoms with van der Waals surface area (Å²) < 4.78 is 14.0. The first-order valence-corrected chi connectivity index (χ1v) is 9.46. The second-order valence-electron chi connectivity index (χ2n) is 8.15. The Hall–Kier alpha value is -1.95. The van der Waals surface area contributed by atoms with Gasteiger partial charge < -0.3 is 10.0 Å². The Morgan fingerprint density at radius 1 is 1.19 bits per heavy atom. The van der Waals surface area contributed by atoms with Crippen molar-refractivity contribution in [2.75, 3.05) is 19.6 Å². The van der Waals surface area contributed by atoms with E-state index in [1.165, 1.54) is 6.07 Å². The number of likely N-dealkylation sites (tertiary alicyclic amines) is 2. The van der Waals surface area contributed by atoms with Crippen molar-refractivity contribution < 1.29 is 19.1 Å². The van der Waals surface area contributed by atoms with Crippen molar-refractivity contribution in [3.05, 3.63) is 35.6 Å². The fourth-order valence-corrected chi connectivity index (χ4v) is 4.55. The average molecular weight is 360 g/mol. The summed E-state index contributed by atoms with van der Waals surface area (Å²) in [4.78, 5) is 27.9. The Balaban J connectivity index is 1.45. The lowest BCUT2D eigenvalue weighted by Crippen LogP contribution is -2.44. The fourth-order valence-electron chi connectivity index (χ4n) is 4.55. The number of piperidine rings is 1. The van der Waals surface area contributed by atoms with Gasteiger partial charge in [-0.3, -0.25) is 14.5 Å². The minimum atomic E-state index is -0.838. The second kappa shape index (κ2) is 6.65. The SMILES string of the molecule is O=C(O)C1CC2(CCN(C(=O)C3CC3)CC2)CN1Cc1ccccc1F. The van der Waals surface area contributed by atoms with Crippen molar-refractivity contribution in [1.29, 1.82) is 0 Å². The van der Waals surface area contributed by atoms with E-state index in [2.05, 4.69) is 0 Å². The molecule has 2 heterocycles. The van der Waals surface area contributed by atoms with Crippen LogP contribution in [0.25, 0.3) is 0 Å². The zero-order valence-electron chi connectivity index (χ0n) is 14.9. The number of halogens is 1. The van der Waals surface area contributed by atoms with E-state index in [1.807, 2.05) is 9.80 Å². The van der Waals surface area contributed by atoms with Gasteiger partial charge >= 0.3 is 5.97 Å². The van der Waals surface area contributed by atoms with E-state index in [0.29, 0.717) is 25.1 Å². The number of amides is 1. The van der Waals surface area contributed by atoms with E-state index in [0.717, 1.165) is 38.8 Å². The molecule has 140 valence electrons. The Labute approximate surface area is 152 Å². The molecule has 26 heavy (non-hydrogen) atoms. The summed E-state index contributed by atoms with van der Waals surface area (Å²) in [5, 5.41) is 9.67. The number of carboxylic acids is 1. The quantitative estimate of drug-likeness (QED) is 0.896. The summed E-state index contributed by atoms with van der Waals surface area (Å²) in [6.07, 6.45) is 4.28. The molecule has 1 aromatic rings. The highest BCUT2D eigenvalue weighted by Gasteiger charge is 2.49. The van der Waals surface area contributed by atoms with Crippen LogP contribution in [-0.2, 0) is 16.1 Å². The van der Waals surface area contributed by atoms with Gasteiger partial charge in [-0.25, -0.2) is 4.39 Å². The first-order valence-electron chi connectivity index (χ1n) is 9.46. The maximum Gasteiger partial charge on any atom is 0.320 e. The molecule has 5 nitrogen and oxygen atoms in total. The molecule has 1 amide bonds. The van der Waals surface area contributed by atoms with E-state index in [4.69, 9.17) is 0 Å². The molecule has 3 aliphatic rings. The maximum absolute atomic E-state index is 14.0. The molecule has 1 aromatic carbocycles. The van der Waals surface area contributed by atoms with Crippen LogP contribution in [0.5, 0.6) is 0 Å². The van der Waals surface area contributed by atoms with Gasteiger partial charge in [-0.2, -0.15) is 0 Å². The zero-order chi connectivity index (χ0) is 18.3. The molecule has 2 aliphatic heterocycles. The number of benzene rings is 1. The summed E-state index contributed by atoms with van der Waals surface area (Å²) in [7, 11) is 0. The average Bonchev–Trinajstić information content (AvgIpc) is 3.41. The number of carbonyl (C=O) groups is 2. The van der Waals surface area contributed by atoms with Crippen LogP contribution in [0.2, 0.25) is 0 Å². The molecule has 1 aliphatic carbocycles. The molecule has 6 heteroatoms. The lowest BCUT2D eigenvalue weighted by molar-refractivity contribution is -0.142. The van der Waals surface area contributed by atoms with Crippen LogP contribution in [0, 0.1) is 17.2 Å². The van der Waals surface area contributed by atoms with Crippen LogP contribution in [-0.4, -0.2) is 52.5 Å². The highest BCUT2D eigenvalue weighted by atomic mass is 19.1. The molecule has 1 spiro atoms. The molecule has 1 saturated carbocycles. The van der Waals surface area contributed by atoms with Crippen LogP contribution in [0.3, 0.4) is 0 Å². The minimum absolute atomic E-state index is 0.0748. The highest BCUT2D eigenvalue weighted by molar-refractivity contribution is 5.81. The smallest absolute Gasteiger partial charge is 0.320 e. The summed E-state index contributed by atoms with van der Waals surface area (Å²) >= 11 is 0. The third kappa shape index (κ3) is 3.34. The van der Waals surface area contributed by atoms with Gasteiger partial charge in [-0.15, -0.1) is 0 Å². The first-order chi connectivity index (χ1) is 12.5. The van der Waals surface area contributed by atoms with Crippen molar-refractivity contribution in [3.63, 3.8) is 0 Å². The molecule has 0 aromatic heterocycles. The van der Waals surface area contributed by atoms with Gasteiger partial charge in [-0.1, -0.05) is 18.2 Å². The third-order valence-corrected chi connectivity index (χ3v) is 6.28. The van der Waals surface area contributed by atoms with Gasteiger partial charge in [0.25, 0.3) is 0 Å². The van der Waals surface area contributed by atoms with Crippen molar-refractivity contribution in [2.24, 2.45) is 11.3 Å². The number of carboxylic acid groups (broad SMARTS) is 1. The normalized spacial score (nSPS) is 25.6. The molecule has 2 saturated heterocycles. The number of rotatable bonds is 4. The fraction of sp³-hybridized carbons (Fsp3) is 0.600. The van der Waals surface area contributed by atoms with Crippen LogP contribution in [0.15, 0.2) is 24.3 Å². The molecule has 3 fully saturated rings. The molecule has 0 radical (unpaired) electrons. The van der Waals surface area contributed by atoms with Crippen LogP contribution >= 0.6 is 0 Å². The van der Waals surface area contributed by atoms with Crippen molar-refractivity contribution in [1.82, 2.24) is 9.80 Å². The van der Waals surface area contributed by atoms with Crippen molar-refractivity contribution in [2.45, 2.75) is 44.7 Å². The monoisotopic (exact) mass is 360 g/mol. The topological polar surface area (TPSA) is 60.9 Å². The summed E-state index contributed by atoms with van der Waals surface area (Å²) in [5.74, 6) is -0.620. The number of hydrogen-bond acceptors (Lipinski definition) is 3. The van der Waals surface area contributed by atoms with Gasteiger partial charge in [0.2, 0.25) is 5.91 Å². The molecular weight excluding hydrogens is 335 g/mol. The lowest BCUT2D eigenvalue weighted by atomic mass is 9.76. The highest BCUT2D eigenvalue weighted by Crippen LogP contribution is 2.45. The maximum atomic E-state index is 14.0. The first kappa shape index (κ1) is 17.5. The molecule has 0 bridgehead atoms. The summed E-state index contributed by atoms with van der Waals surface area (Å²) in [6.45, 7) is 2.41. The minimum Gasteiger partial charge on any atom is -0.480 e. The lowest BCUT2D eigenvalue weighted by Gasteiger charge is -2.39. The zero-order valence-corrected chi connectivity index (χ0v) is 14.9. The molecular formula is C20H25FN2O3. The number of aliphatic carboxylic acids is 1. The van der Waals surface area contributed by atoms with Gasteiger partial charge in [0, 0.05) is 37.7 Å². The molecule has 1 N–H and O–H groups in total. The van der Waals surface area contributed by atoms with Gasteiger partial charge in [0.05, 0.1) is 0 Å². The third-order valence-electron chi connectivity index (χ3n) is 6.28. The Kier molecular flexibility index (Phi) is 4.47.